The number of ether oxygens (including phenoxy) is 2. The Labute approximate surface area is 237 Å². The third-order valence-electron chi connectivity index (χ3n) is 6.93. The number of carbonyl (C=O) groups is 4. The standard InChI is InChI=1S/C31H43N3O6/c1-19-15-24(34(18-19)27(36)25(30(2,3)4)33-29(38)40-31(5,6)7)26(35)32-23(28(37)39-8)17-20-13-14-21-11-9-10-12-22(21)16-20/h9-14,16,19,23-25H,15,17-18H2,1-8H3,(H,32,35)(H,33,38)/t19-,23?,24?,25+/m0/s1. The molecule has 218 valence electrons. The van der Waals surface area contributed by atoms with Crippen LogP contribution < -0.4 is 10.6 Å². The lowest BCUT2D eigenvalue weighted by molar-refractivity contribution is -0.147. The van der Waals surface area contributed by atoms with Gasteiger partial charge in [-0.2, -0.15) is 0 Å². The molecule has 0 bridgehead atoms. The Morgan fingerprint density at radius 2 is 1.62 bits per heavy atom. The van der Waals surface area contributed by atoms with E-state index in [0.29, 0.717) is 13.0 Å². The Morgan fingerprint density at radius 3 is 2.23 bits per heavy atom. The van der Waals surface area contributed by atoms with Crippen molar-refractivity contribution < 1.29 is 28.7 Å². The molecule has 0 saturated carbocycles. The van der Waals surface area contributed by atoms with Crippen LogP contribution in [0.2, 0.25) is 0 Å². The maximum Gasteiger partial charge on any atom is 0.408 e. The van der Waals surface area contributed by atoms with Gasteiger partial charge in [0.05, 0.1) is 7.11 Å². The number of esters is 1. The monoisotopic (exact) mass is 553 g/mol. The smallest absolute Gasteiger partial charge is 0.408 e. The molecule has 40 heavy (non-hydrogen) atoms. The molecule has 0 aliphatic carbocycles. The SMILES string of the molecule is COC(=O)C(Cc1ccc2ccccc2c1)NC(=O)C1C[C@H](C)CN1C(=O)[C@@H](NC(=O)OC(C)(C)C)C(C)(C)C. The normalized spacial score (nSPS) is 19.1. The summed E-state index contributed by atoms with van der Waals surface area (Å²) in [4.78, 5) is 54.2. The summed E-state index contributed by atoms with van der Waals surface area (Å²) in [5.74, 6) is -1.31. The first-order valence-electron chi connectivity index (χ1n) is 13.7. The second kappa shape index (κ2) is 12.3. The summed E-state index contributed by atoms with van der Waals surface area (Å²) < 4.78 is 10.4. The lowest BCUT2D eigenvalue weighted by Crippen LogP contribution is -2.59. The number of methoxy groups -OCH3 is 1. The van der Waals surface area contributed by atoms with Crippen LogP contribution in [0.5, 0.6) is 0 Å². The van der Waals surface area contributed by atoms with Crippen molar-refractivity contribution in [3.63, 3.8) is 0 Å². The van der Waals surface area contributed by atoms with E-state index in [1.54, 1.807) is 20.8 Å². The highest BCUT2D eigenvalue weighted by molar-refractivity contribution is 5.94. The molecule has 1 heterocycles. The van der Waals surface area contributed by atoms with Crippen LogP contribution in [0.25, 0.3) is 10.8 Å². The number of benzene rings is 2. The van der Waals surface area contributed by atoms with E-state index in [9.17, 15) is 19.2 Å². The highest BCUT2D eigenvalue weighted by atomic mass is 16.6. The van der Waals surface area contributed by atoms with Gasteiger partial charge in [-0.3, -0.25) is 9.59 Å². The Balaban J connectivity index is 1.80. The molecule has 2 aromatic carbocycles. The number of hydrogen-bond donors (Lipinski definition) is 2. The maximum absolute atomic E-state index is 13.8. The van der Waals surface area contributed by atoms with Crippen LogP contribution in [0.4, 0.5) is 4.79 Å². The summed E-state index contributed by atoms with van der Waals surface area (Å²) in [6, 6.07) is 11.2. The van der Waals surface area contributed by atoms with Gasteiger partial charge in [0.1, 0.15) is 23.7 Å². The molecular formula is C31H43N3O6. The summed E-state index contributed by atoms with van der Waals surface area (Å²) in [5.41, 5.74) is -0.504. The van der Waals surface area contributed by atoms with Crippen molar-refractivity contribution in [1.82, 2.24) is 15.5 Å². The highest BCUT2D eigenvalue weighted by Gasteiger charge is 2.44. The van der Waals surface area contributed by atoms with Crippen LogP contribution in [0, 0.1) is 11.3 Å². The molecule has 0 radical (unpaired) electrons. The summed E-state index contributed by atoms with van der Waals surface area (Å²) in [6.45, 7) is 13.1. The molecule has 2 aromatic rings. The second-order valence-electron chi connectivity index (χ2n) is 12.8. The van der Waals surface area contributed by atoms with Crippen LogP contribution in [-0.2, 0) is 30.3 Å². The molecule has 9 nitrogen and oxygen atoms in total. The third-order valence-corrected chi connectivity index (χ3v) is 6.93. The molecule has 0 aromatic heterocycles. The summed E-state index contributed by atoms with van der Waals surface area (Å²) in [5, 5.41) is 7.67. The van der Waals surface area contributed by atoms with E-state index in [1.165, 1.54) is 12.0 Å². The third kappa shape index (κ3) is 7.96. The van der Waals surface area contributed by atoms with Crippen molar-refractivity contribution in [3.05, 3.63) is 48.0 Å². The Morgan fingerprint density at radius 1 is 0.975 bits per heavy atom. The zero-order chi connectivity index (χ0) is 29.8. The van der Waals surface area contributed by atoms with E-state index in [0.717, 1.165) is 16.3 Å². The largest absolute Gasteiger partial charge is 0.467 e. The number of amides is 3. The Hall–Kier alpha value is -3.62. The van der Waals surface area contributed by atoms with Gasteiger partial charge in [0, 0.05) is 13.0 Å². The van der Waals surface area contributed by atoms with Crippen molar-refractivity contribution in [3.8, 4) is 0 Å². The average Bonchev–Trinajstić information content (AvgIpc) is 3.26. The quantitative estimate of drug-likeness (QED) is 0.497. The lowest BCUT2D eigenvalue weighted by Gasteiger charge is -2.36. The van der Waals surface area contributed by atoms with Gasteiger partial charge in [-0.15, -0.1) is 0 Å². The summed E-state index contributed by atoms with van der Waals surface area (Å²) in [6.07, 6.45) is -0.0233. The number of nitrogens with zero attached hydrogens (tertiary/aromatic N) is 1. The van der Waals surface area contributed by atoms with Gasteiger partial charge < -0.3 is 25.0 Å². The van der Waals surface area contributed by atoms with Gasteiger partial charge in [-0.05, 0) is 54.9 Å². The van der Waals surface area contributed by atoms with Crippen LogP contribution in [0.1, 0.15) is 60.5 Å². The summed E-state index contributed by atoms with van der Waals surface area (Å²) in [7, 11) is 1.28. The predicted molar refractivity (Wildman–Crippen MR) is 153 cm³/mol. The van der Waals surface area contributed by atoms with Gasteiger partial charge in [0.15, 0.2) is 0 Å². The molecule has 3 amide bonds. The minimum Gasteiger partial charge on any atom is -0.467 e. The molecule has 0 spiro atoms. The first-order chi connectivity index (χ1) is 18.6. The number of rotatable bonds is 7. The van der Waals surface area contributed by atoms with E-state index >= 15 is 0 Å². The van der Waals surface area contributed by atoms with Crippen molar-refractivity contribution >= 4 is 34.6 Å². The zero-order valence-electron chi connectivity index (χ0n) is 24.9. The molecular weight excluding hydrogens is 510 g/mol. The van der Waals surface area contributed by atoms with E-state index < -0.39 is 47.1 Å². The summed E-state index contributed by atoms with van der Waals surface area (Å²) >= 11 is 0. The Bertz CT molecular complexity index is 1250. The van der Waals surface area contributed by atoms with Crippen molar-refractivity contribution in [2.45, 2.75) is 85.0 Å². The molecule has 3 rings (SSSR count). The number of hydrogen-bond acceptors (Lipinski definition) is 6. The predicted octanol–water partition coefficient (Wildman–Crippen LogP) is 4.22. The van der Waals surface area contributed by atoms with Gasteiger partial charge >= 0.3 is 12.1 Å². The number of carbonyl (C=O) groups excluding carboxylic acids is 4. The minimum absolute atomic E-state index is 0.0545. The van der Waals surface area contributed by atoms with E-state index in [-0.39, 0.29) is 18.2 Å². The first kappa shape index (κ1) is 30.9. The van der Waals surface area contributed by atoms with E-state index in [4.69, 9.17) is 9.47 Å². The van der Waals surface area contributed by atoms with Crippen molar-refractivity contribution in [2.75, 3.05) is 13.7 Å². The number of nitrogens with one attached hydrogen (secondary N) is 2. The number of likely N-dealkylation sites (tertiary alicyclic amines) is 1. The average molecular weight is 554 g/mol. The second-order valence-corrected chi connectivity index (χ2v) is 12.8. The van der Waals surface area contributed by atoms with E-state index in [1.807, 2.05) is 70.2 Å². The van der Waals surface area contributed by atoms with Gasteiger partial charge in [-0.25, -0.2) is 9.59 Å². The molecule has 1 saturated heterocycles. The number of alkyl carbamates (subject to hydrolysis) is 1. The molecule has 1 aliphatic rings. The van der Waals surface area contributed by atoms with Gasteiger partial charge in [0.2, 0.25) is 11.8 Å². The fraction of sp³-hybridized carbons (Fsp3) is 0.548. The van der Waals surface area contributed by atoms with Crippen LogP contribution in [-0.4, -0.2) is 66.2 Å². The van der Waals surface area contributed by atoms with Crippen molar-refractivity contribution in [1.29, 1.82) is 0 Å². The molecule has 9 heteroatoms. The first-order valence-corrected chi connectivity index (χ1v) is 13.7. The van der Waals surface area contributed by atoms with Gasteiger partial charge in [-0.1, -0.05) is 70.2 Å². The molecule has 1 fully saturated rings. The van der Waals surface area contributed by atoms with Crippen LogP contribution >= 0.6 is 0 Å². The topological polar surface area (TPSA) is 114 Å². The van der Waals surface area contributed by atoms with Crippen LogP contribution in [0.15, 0.2) is 42.5 Å². The van der Waals surface area contributed by atoms with E-state index in [2.05, 4.69) is 10.6 Å². The lowest BCUT2D eigenvalue weighted by atomic mass is 9.85. The zero-order valence-corrected chi connectivity index (χ0v) is 24.9. The number of fused-ring (bicyclic) bond motifs is 1. The molecule has 4 atom stereocenters. The van der Waals surface area contributed by atoms with Crippen molar-refractivity contribution in [2.24, 2.45) is 11.3 Å². The maximum atomic E-state index is 13.8. The Kier molecular flexibility index (Phi) is 9.48. The van der Waals surface area contributed by atoms with Crippen LogP contribution in [0.3, 0.4) is 0 Å². The highest BCUT2D eigenvalue weighted by Crippen LogP contribution is 2.29. The molecule has 2 unspecified atom stereocenters. The fourth-order valence-electron chi connectivity index (χ4n) is 4.98. The fourth-order valence-corrected chi connectivity index (χ4v) is 4.98. The molecule has 1 aliphatic heterocycles. The van der Waals surface area contributed by atoms with Gasteiger partial charge in [0.25, 0.3) is 0 Å². The minimum atomic E-state index is -0.926. The molecule has 2 N–H and O–H groups in total.